The summed E-state index contributed by atoms with van der Waals surface area (Å²) in [7, 11) is 0. The smallest absolute Gasteiger partial charge is 0.0221 e. The van der Waals surface area contributed by atoms with Crippen LogP contribution >= 0.6 is 0 Å². The summed E-state index contributed by atoms with van der Waals surface area (Å²) in [5, 5.41) is 0. The average molecular weight is 202 g/mol. The molecule has 1 rings (SSSR count). The molecule has 4 heteroatoms. The maximum Gasteiger partial charge on any atom is 0.0221 e. The third-order valence-electron chi connectivity index (χ3n) is 2.33. The molecule has 0 aromatic rings. The maximum atomic E-state index is 10.9. The molecule has 13 heavy (non-hydrogen) atoms. The summed E-state index contributed by atoms with van der Waals surface area (Å²) in [5.74, 6) is 0.602. The van der Waals surface area contributed by atoms with Gasteiger partial charge in [0.05, 0.1) is 0 Å². The summed E-state index contributed by atoms with van der Waals surface area (Å²) >= 11 is -2.08. The average Bonchev–Trinajstić information content (AvgIpc) is 2.83. The van der Waals surface area contributed by atoms with Crippen LogP contribution in [0.5, 0.6) is 0 Å². The van der Waals surface area contributed by atoms with Crippen molar-refractivity contribution in [2.24, 2.45) is 5.92 Å². The Kier molecular flexibility index (Phi) is 4.09. The minimum absolute atomic E-state index is 0.0523. The predicted octanol–water partition coefficient (Wildman–Crippen LogP) is 1.46. The third-order valence-corrected chi connectivity index (χ3v) is 3.22. The summed E-state index contributed by atoms with van der Waals surface area (Å²) in [5.41, 5.74) is 0. The molecular formula is C9H16NO2S-. The van der Waals surface area contributed by atoms with Gasteiger partial charge in [0, 0.05) is 23.9 Å². The van der Waals surface area contributed by atoms with Gasteiger partial charge >= 0.3 is 0 Å². The Morgan fingerprint density at radius 3 is 2.77 bits per heavy atom. The lowest BCUT2D eigenvalue weighted by atomic mass is 10.2. The Morgan fingerprint density at radius 1 is 1.77 bits per heavy atom. The summed E-state index contributed by atoms with van der Waals surface area (Å²) in [6.45, 7) is 6.21. The van der Waals surface area contributed by atoms with Crippen molar-refractivity contribution >= 4 is 11.3 Å². The van der Waals surface area contributed by atoms with Crippen molar-refractivity contribution in [2.75, 3.05) is 6.54 Å². The van der Waals surface area contributed by atoms with Crippen LogP contribution in [0.1, 0.15) is 26.2 Å². The highest BCUT2D eigenvalue weighted by Crippen LogP contribution is 2.30. The Labute approximate surface area is 82.2 Å². The van der Waals surface area contributed by atoms with Gasteiger partial charge in [-0.15, -0.1) is 6.58 Å². The lowest BCUT2D eigenvalue weighted by Crippen LogP contribution is -2.35. The maximum absolute atomic E-state index is 10.9. The molecule has 2 atom stereocenters. The molecule has 1 aliphatic rings. The van der Waals surface area contributed by atoms with Gasteiger partial charge in [-0.05, 0) is 32.1 Å². The van der Waals surface area contributed by atoms with E-state index in [9.17, 15) is 8.76 Å². The quantitative estimate of drug-likeness (QED) is 0.483. The Bertz CT molecular complexity index is 204. The molecule has 1 fully saturated rings. The van der Waals surface area contributed by atoms with Crippen molar-refractivity contribution in [3.05, 3.63) is 12.7 Å². The Morgan fingerprint density at radius 2 is 2.38 bits per heavy atom. The normalized spacial score (nSPS) is 21.5. The van der Waals surface area contributed by atoms with Crippen LogP contribution in [0.3, 0.4) is 0 Å². The van der Waals surface area contributed by atoms with Crippen LogP contribution in [0.2, 0.25) is 0 Å². The molecule has 0 bridgehead atoms. The fourth-order valence-electron chi connectivity index (χ4n) is 1.30. The Balaban J connectivity index is 2.43. The molecule has 0 spiro atoms. The van der Waals surface area contributed by atoms with Crippen molar-refractivity contribution < 1.29 is 8.76 Å². The SMILES string of the molecule is C=CC[C@H](C)N(CC1CC1)S(=O)[O-]. The highest BCUT2D eigenvalue weighted by atomic mass is 32.2. The third kappa shape index (κ3) is 3.58. The van der Waals surface area contributed by atoms with Gasteiger partial charge in [-0.3, -0.25) is 4.21 Å². The standard InChI is InChI=1S/C9H17NO2S/c1-3-4-8(2)10(13(11)12)7-9-5-6-9/h3,8-9H,1,4-7H2,2H3,(H,11,12)/p-1/t8-/m0/s1. The largest absolute Gasteiger partial charge is 0.760 e. The molecule has 0 N–H and O–H groups in total. The zero-order valence-electron chi connectivity index (χ0n) is 7.94. The van der Waals surface area contributed by atoms with Crippen LogP contribution < -0.4 is 0 Å². The summed E-state index contributed by atoms with van der Waals surface area (Å²) in [6.07, 6.45) is 4.83. The van der Waals surface area contributed by atoms with E-state index < -0.39 is 11.3 Å². The van der Waals surface area contributed by atoms with Gasteiger partial charge in [0.15, 0.2) is 0 Å². The second-order valence-electron chi connectivity index (χ2n) is 3.63. The molecule has 0 aliphatic heterocycles. The van der Waals surface area contributed by atoms with E-state index in [0.29, 0.717) is 12.5 Å². The van der Waals surface area contributed by atoms with Crippen molar-refractivity contribution in [3.8, 4) is 0 Å². The van der Waals surface area contributed by atoms with E-state index in [2.05, 4.69) is 6.58 Å². The van der Waals surface area contributed by atoms with E-state index in [1.807, 2.05) is 6.92 Å². The zero-order chi connectivity index (χ0) is 9.84. The van der Waals surface area contributed by atoms with Crippen LogP contribution in [0.15, 0.2) is 12.7 Å². The molecular weight excluding hydrogens is 186 g/mol. The number of nitrogens with zero attached hydrogens (tertiary/aromatic N) is 1. The zero-order valence-corrected chi connectivity index (χ0v) is 8.76. The van der Waals surface area contributed by atoms with Crippen LogP contribution in [0.4, 0.5) is 0 Å². The van der Waals surface area contributed by atoms with Gasteiger partial charge in [0.2, 0.25) is 0 Å². The molecule has 76 valence electrons. The summed E-state index contributed by atoms with van der Waals surface area (Å²) < 4.78 is 23.3. The summed E-state index contributed by atoms with van der Waals surface area (Å²) in [6, 6.07) is 0.0523. The minimum atomic E-state index is -2.08. The molecule has 1 unspecified atom stereocenters. The van der Waals surface area contributed by atoms with Gasteiger partial charge in [0.25, 0.3) is 0 Å². The van der Waals surface area contributed by atoms with Crippen molar-refractivity contribution in [1.82, 2.24) is 4.31 Å². The van der Waals surface area contributed by atoms with Gasteiger partial charge < -0.3 is 4.55 Å². The van der Waals surface area contributed by atoms with E-state index in [0.717, 1.165) is 6.42 Å². The molecule has 3 nitrogen and oxygen atoms in total. The first kappa shape index (κ1) is 10.9. The predicted molar refractivity (Wildman–Crippen MR) is 52.6 cm³/mol. The minimum Gasteiger partial charge on any atom is -0.760 e. The van der Waals surface area contributed by atoms with Gasteiger partial charge in [-0.1, -0.05) is 6.08 Å². The van der Waals surface area contributed by atoms with Gasteiger partial charge in [-0.2, -0.15) is 0 Å². The van der Waals surface area contributed by atoms with Crippen LogP contribution in [-0.4, -0.2) is 25.7 Å². The number of hydrogen-bond acceptors (Lipinski definition) is 2. The fourth-order valence-corrected chi connectivity index (χ4v) is 2.01. The number of hydrogen-bond donors (Lipinski definition) is 0. The van der Waals surface area contributed by atoms with E-state index in [1.165, 1.54) is 17.1 Å². The molecule has 1 saturated carbocycles. The van der Waals surface area contributed by atoms with Gasteiger partial charge in [0.1, 0.15) is 0 Å². The first-order chi connectivity index (χ1) is 6.15. The van der Waals surface area contributed by atoms with E-state index in [1.54, 1.807) is 6.08 Å². The van der Waals surface area contributed by atoms with Crippen LogP contribution in [-0.2, 0) is 11.3 Å². The van der Waals surface area contributed by atoms with Crippen LogP contribution in [0.25, 0.3) is 0 Å². The first-order valence-electron chi connectivity index (χ1n) is 4.62. The molecule has 0 aromatic carbocycles. The van der Waals surface area contributed by atoms with E-state index >= 15 is 0 Å². The topological polar surface area (TPSA) is 43.4 Å². The van der Waals surface area contributed by atoms with E-state index in [4.69, 9.17) is 0 Å². The highest BCUT2D eigenvalue weighted by molar-refractivity contribution is 7.76. The van der Waals surface area contributed by atoms with Crippen molar-refractivity contribution in [3.63, 3.8) is 0 Å². The summed E-state index contributed by atoms with van der Waals surface area (Å²) in [4.78, 5) is 0. The molecule has 1 aliphatic carbocycles. The molecule has 0 saturated heterocycles. The van der Waals surface area contributed by atoms with Crippen LogP contribution in [0, 0.1) is 5.92 Å². The molecule has 0 radical (unpaired) electrons. The van der Waals surface area contributed by atoms with E-state index in [-0.39, 0.29) is 6.04 Å². The van der Waals surface area contributed by atoms with Crippen molar-refractivity contribution in [1.29, 1.82) is 0 Å². The molecule has 0 heterocycles. The Hall–Kier alpha value is -0.190. The lowest BCUT2D eigenvalue weighted by Gasteiger charge is -2.29. The first-order valence-corrected chi connectivity index (χ1v) is 5.65. The highest BCUT2D eigenvalue weighted by Gasteiger charge is 2.26. The second-order valence-corrected chi connectivity index (χ2v) is 4.54. The number of rotatable bonds is 6. The fraction of sp³-hybridized carbons (Fsp3) is 0.778. The second kappa shape index (κ2) is 4.88. The molecule has 0 aromatic heterocycles. The lowest BCUT2D eigenvalue weighted by molar-refractivity contribution is 0.313. The molecule has 0 amide bonds. The van der Waals surface area contributed by atoms with Crippen molar-refractivity contribution in [2.45, 2.75) is 32.2 Å². The monoisotopic (exact) mass is 202 g/mol. The van der Waals surface area contributed by atoms with Gasteiger partial charge in [-0.25, -0.2) is 4.31 Å².